The smallest absolute Gasteiger partial charge is 0.341 e. The summed E-state index contributed by atoms with van der Waals surface area (Å²) in [6, 6.07) is 12.1. The third-order valence-corrected chi connectivity index (χ3v) is 4.95. The Labute approximate surface area is 171 Å². The van der Waals surface area contributed by atoms with Crippen molar-refractivity contribution in [3.05, 3.63) is 59.1 Å². The van der Waals surface area contributed by atoms with E-state index >= 15 is 0 Å². The number of phenols is 1. The van der Waals surface area contributed by atoms with Crippen molar-refractivity contribution in [2.75, 3.05) is 19.0 Å². The average molecular weight is 412 g/mol. The molecule has 0 unspecified atom stereocenters. The van der Waals surface area contributed by atoms with Crippen LogP contribution in [0.3, 0.4) is 0 Å². The van der Waals surface area contributed by atoms with Gasteiger partial charge in [0, 0.05) is 5.38 Å². The van der Waals surface area contributed by atoms with Gasteiger partial charge in [0.15, 0.2) is 5.75 Å². The zero-order valence-corrected chi connectivity index (χ0v) is 16.8. The maximum Gasteiger partial charge on any atom is 0.341 e. The van der Waals surface area contributed by atoms with E-state index < -0.39 is 5.97 Å². The fourth-order valence-corrected chi connectivity index (χ4v) is 3.56. The molecule has 0 radical (unpaired) electrons. The highest BCUT2D eigenvalue weighted by Gasteiger charge is 2.17. The highest BCUT2D eigenvalue weighted by Crippen LogP contribution is 2.32. The molecule has 0 atom stereocenters. The lowest BCUT2D eigenvalue weighted by molar-refractivity contribution is -0.115. The van der Waals surface area contributed by atoms with Crippen LogP contribution >= 0.6 is 11.3 Å². The molecule has 0 aliphatic heterocycles. The molecule has 3 rings (SSSR count). The van der Waals surface area contributed by atoms with Gasteiger partial charge in [-0.2, -0.15) is 0 Å². The molecule has 0 fully saturated rings. The number of thiazole rings is 1. The molecule has 1 amide bonds. The van der Waals surface area contributed by atoms with Crippen molar-refractivity contribution in [1.29, 1.82) is 0 Å². The summed E-state index contributed by atoms with van der Waals surface area (Å²) in [5.74, 6) is -0.643. The second-order valence-electron chi connectivity index (χ2n) is 5.99. The number of methoxy groups -OCH3 is 1. The maximum absolute atomic E-state index is 12.4. The van der Waals surface area contributed by atoms with Crippen LogP contribution in [0.1, 0.15) is 23.0 Å². The van der Waals surface area contributed by atoms with Gasteiger partial charge in [-0.1, -0.05) is 18.2 Å². The van der Waals surface area contributed by atoms with Gasteiger partial charge in [-0.05, 0) is 31.2 Å². The Morgan fingerprint density at radius 2 is 1.97 bits per heavy atom. The Hall–Kier alpha value is -3.39. The topological polar surface area (TPSA) is 97.8 Å². The van der Waals surface area contributed by atoms with Crippen molar-refractivity contribution < 1.29 is 24.2 Å². The molecule has 2 N–H and O–H groups in total. The molecule has 0 saturated heterocycles. The molecule has 0 bridgehead atoms. The summed E-state index contributed by atoms with van der Waals surface area (Å²) >= 11 is 1.42. The summed E-state index contributed by atoms with van der Waals surface area (Å²) in [5.41, 5.74) is 1.58. The van der Waals surface area contributed by atoms with Crippen molar-refractivity contribution in [2.24, 2.45) is 0 Å². The number of hydrogen-bond donors (Lipinski definition) is 2. The summed E-state index contributed by atoms with van der Waals surface area (Å²) < 4.78 is 10.2. The number of hydrogen-bond acceptors (Lipinski definition) is 7. The molecule has 0 saturated carbocycles. The first-order valence-corrected chi connectivity index (χ1v) is 9.78. The number of aromatic nitrogens is 1. The molecular formula is C21H20N2O5S. The second-order valence-corrected chi connectivity index (χ2v) is 6.85. The normalized spacial score (nSPS) is 10.4. The van der Waals surface area contributed by atoms with E-state index in [-0.39, 0.29) is 29.3 Å². The van der Waals surface area contributed by atoms with Crippen LogP contribution in [-0.2, 0) is 16.0 Å². The first-order valence-electron chi connectivity index (χ1n) is 8.90. The fraction of sp³-hybridized carbons (Fsp3) is 0.190. The summed E-state index contributed by atoms with van der Waals surface area (Å²) in [5, 5.41) is 15.4. The first-order chi connectivity index (χ1) is 14.0. The van der Waals surface area contributed by atoms with Gasteiger partial charge in [0.25, 0.3) is 0 Å². The van der Waals surface area contributed by atoms with E-state index in [0.717, 1.165) is 16.3 Å². The number of esters is 1. The van der Waals surface area contributed by atoms with Crippen molar-refractivity contribution >= 4 is 28.9 Å². The Morgan fingerprint density at radius 1 is 1.17 bits per heavy atom. The number of amides is 1. The van der Waals surface area contributed by atoms with Gasteiger partial charge in [-0.25, -0.2) is 9.78 Å². The average Bonchev–Trinajstić information content (AvgIpc) is 3.17. The molecule has 150 valence electrons. The predicted octanol–water partition coefficient (Wildman–Crippen LogP) is 3.88. The third kappa shape index (κ3) is 4.72. The van der Waals surface area contributed by atoms with E-state index in [1.165, 1.54) is 30.6 Å². The number of nitrogens with one attached hydrogen (secondary N) is 1. The van der Waals surface area contributed by atoms with Crippen molar-refractivity contribution in [3.8, 4) is 22.1 Å². The molecule has 1 heterocycles. The number of para-hydroxylation sites is 2. The lowest BCUT2D eigenvalue weighted by Crippen LogP contribution is -2.15. The van der Waals surface area contributed by atoms with Crippen LogP contribution in [0.25, 0.3) is 10.6 Å². The van der Waals surface area contributed by atoms with Crippen LogP contribution in [0.4, 0.5) is 5.69 Å². The number of ether oxygens (including phenoxy) is 2. The monoisotopic (exact) mass is 412 g/mol. The SMILES string of the molecule is CCOc1ccccc1-c1nc(CC(=O)Nc2cccc(C(=O)OC)c2O)cs1. The number of carbonyl (C=O) groups excluding carboxylic acids is 2. The third-order valence-electron chi connectivity index (χ3n) is 4.03. The molecule has 0 aliphatic carbocycles. The zero-order chi connectivity index (χ0) is 20.8. The molecule has 0 aliphatic rings. The Morgan fingerprint density at radius 3 is 2.72 bits per heavy atom. The summed E-state index contributed by atoms with van der Waals surface area (Å²) in [7, 11) is 1.22. The van der Waals surface area contributed by atoms with Gasteiger partial charge in [-0.15, -0.1) is 11.3 Å². The number of carbonyl (C=O) groups is 2. The van der Waals surface area contributed by atoms with E-state index in [0.29, 0.717) is 12.3 Å². The number of phenolic OH excluding ortho intramolecular Hbond substituents is 1. The minimum Gasteiger partial charge on any atom is -0.505 e. The summed E-state index contributed by atoms with van der Waals surface area (Å²) in [6.45, 7) is 2.46. The minimum atomic E-state index is -0.685. The van der Waals surface area contributed by atoms with Crippen LogP contribution in [0, 0.1) is 0 Å². The summed E-state index contributed by atoms with van der Waals surface area (Å²) in [6.07, 6.45) is 0.0230. The standard InChI is InChI=1S/C21H20N2O5S/c1-3-28-17-10-5-4-7-14(17)20-22-13(12-29-20)11-18(24)23-16-9-6-8-15(19(16)25)21(26)27-2/h4-10,12,25H,3,11H2,1-2H3,(H,23,24). The van der Waals surface area contributed by atoms with E-state index in [2.05, 4.69) is 15.0 Å². The van der Waals surface area contributed by atoms with Crippen LogP contribution in [-0.4, -0.2) is 35.7 Å². The lowest BCUT2D eigenvalue weighted by Gasteiger charge is -2.09. The first kappa shape index (κ1) is 20.3. The number of benzene rings is 2. The molecule has 2 aromatic carbocycles. The molecule has 7 nitrogen and oxygen atoms in total. The van der Waals surface area contributed by atoms with Gasteiger partial charge in [0.2, 0.25) is 5.91 Å². The summed E-state index contributed by atoms with van der Waals surface area (Å²) in [4.78, 5) is 28.6. The quantitative estimate of drug-likeness (QED) is 0.451. The molecule has 1 aromatic heterocycles. The van der Waals surface area contributed by atoms with E-state index in [9.17, 15) is 14.7 Å². The van der Waals surface area contributed by atoms with Crippen LogP contribution < -0.4 is 10.1 Å². The van der Waals surface area contributed by atoms with Gasteiger partial charge in [0.1, 0.15) is 16.3 Å². The molecule has 8 heteroatoms. The highest BCUT2D eigenvalue weighted by atomic mass is 32.1. The van der Waals surface area contributed by atoms with Gasteiger partial charge in [0.05, 0.1) is 37.1 Å². The van der Waals surface area contributed by atoms with Crippen molar-refractivity contribution in [3.63, 3.8) is 0 Å². The van der Waals surface area contributed by atoms with Gasteiger partial charge < -0.3 is 19.9 Å². The Kier molecular flexibility index (Phi) is 6.46. The van der Waals surface area contributed by atoms with E-state index in [1.54, 1.807) is 6.07 Å². The van der Waals surface area contributed by atoms with Crippen LogP contribution in [0.15, 0.2) is 47.8 Å². The molecule has 3 aromatic rings. The largest absolute Gasteiger partial charge is 0.505 e. The second kappa shape index (κ2) is 9.20. The zero-order valence-electron chi connectivity index (χ0n) is 16.0. The number of rotatable bonds is 7. The number of nitrogens with zero attached hydrogens (tertiary/aromatic N) is 1. The Balaban J connectivity index is 1.73. The van der Waals surface area contributed by atoms with Gasteiger partial charge in [-0.3, -0.25) is 4.79 Å². The van der Waals surface area contributed by atoms with Crippen molar-refractivity contribution in [2.45, 2.75) is 13.3 Å². The highest BCUT2D eigenvalue weighted by molar-refractivity contribution is 7.13. The predicted molar refractivity (Wildman–Crippen MR) is 110 cm³/mol. The minimum absolute atomic E-state index is 0.0197. The maximum atomic E-state index is 12.4. The van der Waals surface area contributed by atoms with Crippen LogP contribution in [0.2, 0.25) is 0 Å². The number of anilines is 1. The Bertz CT molecular complexity index is 1030. The van der Waals surface area contributed by atoms with Crippen molar-refractivity contribution in [1.82, 2.24) is 4.98 Å². The van der Waals surface area contributed by atoms with E-state index in [1.807, 2.05) is 36.6 Å². The van der Waals surface area contributed by atoms with Crippen LogP contribution in [0.5, 0.6) is 11.5 Å². The fourth-order valence-electron chi connectivity index (χ4n) is 2.71. The molecule has 29 heavy (non-hydrogen) atoms. The van der Waals surface area contributed by atoms with E-state index in [4.69, 9.17) is 4.74 Å². The number of aromatic hydroxyl groups is 1. The lowest BCUT2D eigenvalue weighted by atomic mass is 10.1. The van der Waals surface area contributed by atoms with Gasteiger partial charge >= 0.3 is 5.97 Å². The molecule has 0 spiro atoms. The molecular weight excluding hydrogens is 392 g/mol.